The highest BCUT2D eigenvalue weighted by Crippen LogP contribution is 2.40. The Morgan fingerprint density at radius 2 is 2.12 bits per heavy atom. The van der Waals surface area contributed by atoms with Crippen molar-refractivity contribution in [3.8, 4) is 0 Å². The van der Waals surface area contributed by atoms with Crippen LogP contribution in [0.25, 0.3) is 0 Å². The van der Waals surface area contributed by atoms with Gasteiger partial charge in [-0.1, -0.05) is 38.5 Å². The summed E-state index contributed by atoms with van der Waals surface area (Å²) in [7, 11) is 0. The number of hydrogen-bond donors (Lipinski definition) is 1. The van der Waals surface area contributed by atoms with Crippen LogP contribution in [0, 0.1) is 5.41 Å². The van der Waals surface area contributed by atoms with Crippen LogP contribution in [0.4, 0.5) is 0 Å². The van der Waals surface area contributed by atoms with Crippen LogP contribution < -0.4 is 5.32 Å². The highest BCUT2D eigenvalue weighted by molar-refractivity contribution is 8.14. The maximum Gasteiger partial charge on any atom is 0.156 e. The number of nitrogens with zero attached hydrogens (tertiary/aromatic N) is 1. The molecule has 0 aromatic heterocycles. The number of thioether (sulfide) groups is 1. The smallest absolute Gasteiger partial charge is 0.156 e. The third-order valence-electron chi connectivity index (χ3n) is 4.20. The molecule has 92 valence electrons. The molecule has 0 spiro atoms. The lowest BCUT2D eigenvalue weighted by molar-refractivity contribution is 0.285. The molecule has 1 unspecified atom stereocenters. The van der Waals surface area contributed by atoms with E-state index in [1.54, 1.807) is 0 Å². The van der Waals surface area contributed by atoms with Crippen LogP contribution in [0.15, 0.2) is 4.99 Å². The van der Waals surface area contributed by atoms with E-state index in [0.717, 1.165) is 18.3 Å². The van der Waals surface area contributed by atoms with E-state index in [-0.39, 0.29) is 0 Å². The molecule has 1 aliphatic heterocycles. The molecule has 1 saturated carbocycles. The van der Waals surface area contributed by atoms with E-state index in [4.69, 9.17) is 0 Å². The predicted molar refractivity (Wildman–Crippen MR) is 73.2 cm³/mol. The van der Waals surface area contributed by atoms with Gasteiger partial charge in [-0.05, 0) is 31.1 Å². The molecule has 0 amide bonds. The lowest BCUT2D eigenvalue weighted by atomic mass is 9.83. The third kappa shape index (κ3) is 2.73. The molecule has 16 heavy (non-hydrogen) atoms. The van der Waals surface area contributed by atoms with Crippen molar-refractivity contribution >= 4 is 16.9 Å². The van der Waals surface area contributed by atoms with E-state index in [9.17, 15) is 0 Å². The Morgan fingerprint density at radius 1 is 1.38 bits per heavy atom. The highest BCUT2D eigenvalue weighted by Gasteiger charge is 2.32. The Labute approximate surface area is 104 Å². The zero-order valence-electron chi connectivity index (χ0n) is 10.6. The molecule has 1 atom stereocenters. The van der Waals surface area contributed by atoms with Gasteiger partial charge in [0.25, 0.3) is 0 Å². The second-order valence-corrected chi connectivity index (χ2v) is 6.50. The SMILES string of the molecule is CCC1CN=C(NCC2(CC)CCCC2)S1. The van der Waals surface area contributed by atoms with Gasteiger partial charge in [0, 0.05) is 11.8 Å². The quantitative estimate of drug-likeness (QED) is 0.814. The minimum absolute atomic E-state index is 0.577. The van der Waals surface area contributed by atoms with Crippen LogP contribution >= 0.6 is 11.8 Å². The van der Waals surface area contributed by atoms with Crippen LogP contribution in [-0.4, -0.2) is 23.5 Å². The third-order valence-corrected chi connectivity index (χ3v) is 5.51. The Balaban J connectivity index is 1.79. The monoisotopic (exact) mass is 240 g/mol. The van der Waals surface area contributed by atoms with Gasteiger partial charge in [-0.2, -0.15) is 0 Å². The van der Waals surface area contributed by atoms with Gasteiger partial charge in [-0.25, -0.2) is 0 Å². The number of rotatable bonds is 4. The summed E-state index contributed by atoms with van der Waals surface area (Å²) in [6.45, 7) is 6.75. The van der Waals surface area contributed by atoms with Gasteiger partial charge in [-0.3, -0.25) is 4.99 Å². The Hall–Kier alpha value is -0.180. The van der Waals surface area contributed by atoms with Crippen molar-refractivity contribution in [2.24, 2.45) is 10.4 Å². The van der Waals surface area contributed by atoms with Crippen molar-refractivity contribution in [2.45, 2.75) is 57.6 Å². The second kappa shape index (κ2) is 5.44. The van der Waals surface area contributed by atoms with Crippen molar-refractivity contribution in [1.29, 1.82) is 0 Å². The van der Waals surface area contributed by atoms with E-state index >= 15 is 0 Å². The first-order chi connectivity index (χ1) is 7.78. The molecule has 0 bridgehead atoms. The summed E-state index contributed by atoms with van der Waals surface area (Å²) < 4.78 is 0. The molecule has 1 N–H and O–H groups in total. The first kappa shape index (κ1) is 12.3. The maximum absolute atomic E-state index is 4.58. The molecule has 0 saturated heterocycles. The molecule has 2 nitrogen and oxygen atoms in total. The molecule has 2 rings (SSSR count). The van der Waals surface area contributed by atoms with Crippen LogP contribution in [0.1, 0.15) is 52.4 Å². The van der Waals surface area contributed by atoms with E-state index in [2.05, 4.69) is 24.2 Å². The number of nitrogens with one attached hydrogen (secondary N) is 1. The summed E-state index contributed by atoms with van der Waals surface area (Å²) in [4.78, 5) is 4.58. The van der Waals surface area contributed by atoms with Crippen LogP contribution in [0.5, 0.6) is 0 Å². The Morgan fingerprint density at radius 3 is 2.69 bits per heavy atom. The predicted octanol–water partition coefficient (Wildman–Crippen LogP) is 3.43. The Kier molecular flexibility index (Phi) is 4.17. The largest absolute Gasteiger partial charge is 0.364 e. The Bertz CT molecular complexity index is 257. The minimum atomic E-state index is 0.577. The molecule has 2 aliphatic rings. The lowest BCUT2D eigenvalue weighted by Gasteiger charge is -2.28. The number of aliphatic imine (C=N–C) groups is 1. The van der Waals surface area contributed by atoms with Crippen molar-refractivity contribution in [1.82, 2.24) is 5.32 Å². The fraction of sp³-hybridized carbons (Fsp3) is 0.923. The molecular formula is C13H24N2S. The van der Waals surface area contributed by atoms with E-state index in [1.807, 2.05) is 11.8 Å². The van der Waals surface area contributed by atoms with Crippen LogP contribution in [0.2, 0.25) is 0 Å². The van der Waals surface area contributed by atoms with Gasteiger partial charge in [0.2, 0.25) is 0 Å². The van der Waals surface area contributed by atoms with E-state index in [0.29, 0.717) is 5.41 Å². The summed E-state index contributed by atoms with van der Waals surface area (Å²) in [6, 6.07) is 0. The lowest BCUT2D eigenvalue weighted by Crippen LogP contribution is -2.34. The molecule has 3 heteroatoms. The zero-order chi connectivity index (χ0) is 11.4. The van der Waals surface area contributed by atoms with Crippen LogP contribution in [0.3, 0.4) is 0 Å². The van der Waals surface area contributed by atoms with Gasteiger partial charge in [0.1, 0.15) is 0 Å². The average molecular weight is 240 g/mol. The second-order valence-electron chi connectivity index (χ2n) is 5.21. The standard InChI is InChI=1S/C13H24N2S/c1-3-11-9-14-12(16-11)15-10-13(4-2)7-5-6-8-13/h11H,3-10H2,1-2H3,(H,14,15). The zero-order valence-corrected chi connectivity index (χ0v) is 11.4. The summed E-state index contributed by atoms with van der Waals surface area (Å²) in [5.74, 6) is 0. The average Bonchev–Trinajstić information content (AvgIpc) is 2.96. The fourth-order valence-electron chi connectivity index (χ4n) is 2.77. The van der Waals surface area contributed by atoms with E-state index in [1.165, 1.54) is 43.7 Å². The van der Waals surface area contributed by atoms with Gasteiger partial charge in [0.15, 0.2) is 5.17 Å². The minimum Gasteiger partial charge on any atom is -0.364 e. The molecule has 0 aromatic carbocycles. The van der Waals surface area contributed by atoms with Crippen molar-refractivity contribution < 1.29 is 0 Å². The van der Waals surface area contributed by atoms with Crippen molar-refractivity contribution in [3.63, 3.8) is 0 Å². The van der Waals surface area contributed by atoms with Crippen molar-refractivity contribution in [3.05, 3.63) is 0 Å². The van der Waals surface area contributed by atoms with E-state index < -0.39 is 0 Å². The van der Waals surface area contributed by atoms with Gasteiger partial charge >= 0.3 is 0 Å². The molecule has 0 aromatic rings. The number of amidine groups is 1. The first-order valence-corrected chi connectivity index (χ1v) is 7.61. The van der Waals surface area contributed by atoms with Crippen LogP contribution in [-0.2, 0) is 0 Å². The topological polar surface area (TPSA) is 24.4 Å². The maximum atomic E-state index is 4.58. The van der Waals surface area contributed by atoms with Gasteiger partial charge < -0.3 is 5.32 Å². The summed E-state index contributed by atoms with van der Waals surface area (Å²) in [5, 5.41) is 5.52. The molecule has 1 aliphatic carbocycles. The highest BCUT2D eigenvalue weighted by atomic mass is 32.2. The fourth-order valence-corrected chi connectivity index (χ4v) is 3.71. The van der Waals surface area contributed by atoms with Crippen molar-refractivity contribution in [2.75, 3.05) is 13.1 Å². The molecular weight excluding hydrogens is 216 g/mol. The molecule has 1 heterocycles. The summed E-state index contributed by atoms with van der Waals surface area (Å²) in [5.41, 5.74) is 0.577. The summed E-state index contributed by atoms with van der Waals surface area (Å²) >= 11 is 1.94. The van der Waals surface area contributed by atoms with Gasteiger partial charge in [0.05, 0.1) is 6.54 Å². The van der Waals surface area contributed by atoms with Gasteiger partial charge in [-0.15, -0.1) is 0 Å². The summed E-state index contributed by atoms with van der Waals surface area (Å²) in [6.07, 6.45) is 8.21. The normalized spacial score (nSPS) is 28.1. The molecule has 0 radical (unpaired) electrons. The molecule has 1 fully saturated rings. The number of hydrogen-bond acceptors (Lipinski definition) is 3. The first-order valence-electron chi connectivity index (χ1n) is 6.73.